The number of fused-ring (bicyclic) bond motifs is 9. The van der Waals surface area contributed by atoms with Crippen molar-refractivity contribution in [2.24, 2.45) is 0 Å². The summed E-state index contributed by atoms with van der Waals surface area (Å²) in [5.74, 6) is 0. The summed E-state index contributed by atoms with van der Waals surface area (Å²) in [4.78, 5) is 4.69. The molecule has 54 heavy (non-hydrogen) atoms. The van der Waals surface area contributed by atoms with Crippen LogP contribution in [0.1, 0.15) is 0 Å². The fourth-order valence-corrected chi connectivity index (χ4v) is 8.14. The molecule has 4 nitrogen and oxygen atoms in total. The molecule has 0 amide bonds. The summed E-state index contributed by atoms with van der Waals surface area (Å²) in [7, 11) is 0. The summed E-state index contributed by atoms with van der Waals surface area (Å²) < 4.78 is 12.8. The summed E-state index contributed by atoms with van der Waals surface area (Å²) >= 11 is 0. The van der Waals surface area contributed by atoms with Gasteiger partial charge in [-0.3, -0.25) is 0 Å². The summed E-state index contributed by atoms with van der Waals surface area (Å²) in [6.45, 7) is 0. The van der Waals surface area contributed by atoms with E-state index in [1.54, 1.807) is 0 Å². The second-order valence-electron chi connectivity index (χ2n) is 13.7. The predicted molar refractivity (Wildman–Crippen MR) is 225 cm³/mol. The third-order valence-corrected chi connectivity index (χ3v) is 10.6. The van der Waals surface area contributed by atoms with Crippen LogP contribution in [-0.4, -0.2) is 0 Å². The molecule has 0 bridgehead atoms. The van der Waals surface area contributed by atoms with Gasteiger partial charge in [-0.25, -0.2) is 0 Å². The topological polar surface area (TPSA) is 32.8 Å². The Labute approximate surface area is 311 Å². The SMILES string of the molecule is c1ccc(N(c2cccc(N(c3ccccc3)c3cc4ccccc4c4cc5oc6ccccc6c5cc34)c2)c2ccc3c(c2)oc2ccccc23)cc1. The Hall–Kier alpha value is -7.30. The highest BCUT2D eigenvalue weighted by molar-refractivity contribution is 6.20. The van der Waals surface area contributed by atoms with Crippen molar-refractivity contribution >= 4 is 99.5 Å². The number of para-hydroxylation sites is 4. The van der Waals surface area contributed by atoms with Gasteiger partial charge in [0.15, 0.2) is 0 Å². The average molecular weight is 693 g/mol. The molecule has 2 heterocycles. The number of benzene rings is 9. The van der Waals surface area contributed by atoms with Crippen LogP contribution in [0.4, 0.5) is 34.1 Å². The molecule has 0 aliphatic rings. The number of hydrogen-bond acceptors (Lipinski definition) is 4. The molecule has 9 aromatic carbocycles. The zero-order valence-corrected chi connectivity index (χ0v) is 29.2. The molecule has 0 unspecified atom stereocenters. The lowest BCUT2D eigenvalue weighted by Crippen LogP contribution is -2.13. The molecule has 11 rings (SSSR count). The maximum atomic E-state index is 6.42. The minimum atomic E-state index is 0.859. The summed E-state index contributed by atoms with van der Waals surface area (Å²) in [6, 6.07) is 68.6. The van der Waals surface area contributed by atoms with Crippen LogP contribution in [0, 0.1) is 0 Å². The second-order valence-corrected chi connectivity index (χ2v) is 13.7. The van der Waals surface area contributed by atoms with Gasteiger partial charge in [-0.2, -0.15) is 0 Å². The Morgan fingerprint density at radius 1 is 0.259 bits per heavy atom. The quantitative estimate of drug-likeness (QED) is 0.162. The van der Waals surface area contributed by atoms with Crippen LogP contribution in [0.15, 0.2) is 203 Å². The molecule has 0 aliphatic carbocycles. The van der Waals surface area contributed by atoms with E-state index in [1.165, 1.54) is 5.39 Å². The smallest absolute Gasteiger partial charge is 0.137 e. The van der Waals surface area contributed by atoms with Crippen molar-refractivity contribution in [2.45, 2.75) is 0 Å². The molecule has 0 saturated heterocycles. The van der Waals surface area contributed by atoms with Crippen LogP contribution in [-0.2, 0) is 0 Å². The Balaban J connectivity index is 1.15. The highest BCUT2D eigenvalue weighted by Crippen LogP contribution is 2.46. The first-order valence-electron chi connectivity index (χ1n) is 18.3. The van der Waals surface area contributed by atoms with Crippen molar-refractivity contribution in [3.05, 3.63) is 194 Å². The lowest BCUT2D eigenvalue weighted by molar-refractivity contribution is 0.669. The number of anilines is 6. The van der Waals surface area contributed by atoms with Gasteiger partial charge in [0.2, 0.25) is 0 Å². The molecule has 2 aromatic heterocycles. The lowest BCUT2D eigenvalue weighted by atomic mass is 9.97. The Morgan fingerprint density at radius 2 is 0.778 bits per heavy atom. The largest absolute Gasteiger partial charge is 0.456 e. The average Bonchev–Trinajstić information content (AvgIpc) is 3.79. The van der Waals surface area contributed by atoms with Gasteiger partial charge in [-0.15, -0.1) is 0 Å². The standard InChI is InChI=1S/C50H32N2O2/c1-3-15-34(16-4-1)51(38-26-27-42-40-22-9-11-24-47(40)53-49(42)30-38)36-19-13-20-37(29-36)52(35-17-5-2-6-18-35)46-28-33-14-7-8-21-39(33)43-32-50-45(31-44(43)46)41-23-10-12-25-48(41)54-50/h1-32H. The third kappa shape index (κ3) is 4.85. The van der Waals surface area contributed by atoms with Crippen LogP contribution in [0.3, 0.4) is 0 Å². The number of hydrogen-bond donors (Lipinski definition) is 0. The molecule has 11 aromatic rings. The fourth-order valence-electron chi connectivity index (χ4n) is 8.14. The van der Waals surface area contributed by atoms with Gasteiger partial charge < -0.3 is 18.6 Å². The summed E-state index contributed by atoms with van der Waals surface area (Å²) in [6.07, 6.45) is 0. The van der Waals surface area contributed by atoms with E-state index in [-0.39, 0.29) is 0 Å². The van der Waals surface area contributed by atoms with Crippen molar-refractivity contribution < 1.29 is 8.83 Å². The second kappa shape index (κ2) is 12.1. The van der Waals surface area contributed by atoms with Crippen LogP contribution in [0.5, 0.6) is 0 Å². The zero-order chi connectivity index (χ0) is 35.6. The van der Waals surface area contributed by atoms with Crippen LogP contribution in [0.25, 0.3) is 65.4 Å². The molecule has 0 atom stereocenters. The molecule has 0 spiro atoms. The van der Waals surface area contributed by atoms with Crippen LogP contribution in [0.2, 0.25) is 0 Å². The summed E-state index contributed by atoms with van der Waals surface area (Å²) in [5, 5.41) is 9.10. The van der Waals surface area contributed by atoms with Crippen molar-refractivity contribution in [1.82, 2.24) is 0 Å². The molecule has 0 radical (unpaired) electrons. The van der Waals surface area contributed by atoms with Gasteiger partial charge in [0.25, 0.3) is 0 Å². The fraction of sp³-hybridized carbons (Fsp3) is 0. The molecule has 0 fully saturated rings. The van der Waals surface area contributed by atoms with Crippen LogP contribution < -0.4 is 9.80 Å². The predicted octanol–water partition coefficient (Wildman–Crippen LogP) is 14.7. The van der Waals surface area contributed by atoms with Gasteiger partial charge in [-0.1, -0.05) is 103 Å². The van der Waals surface area contributed by atoms with E-state index in [9.17, 15) is 0 Å². The number of nitrogens with zero attached hydrogens (tertiary/aromatic N) is 2. The van der Waals surface area contributed by atoms with Gasteiger partial charge in [0.05, 0.1) is 5.69 Å². The van der Waals surface area contributed by atoms with E-state index in [2.05, 4.69) is 180 Å². The van der Waals surface area contributed by atoms with Crippen molar-refractivity contribution in [3.8, 4) is 0 Å². The first-order valence-corrected chi connectivity index (χ1v) is 18.3. The maximum absolute atomic E-state index is 6.42. The van der Waals surface area contributed by atoms with Crippen molar-refractivity contribution in [2.75, 3.05) is 9.80 Å². The molecule has 0 saturated carbocycles. The Kier molecular flexibility index (Phi) is 6.82. The third-order valence-electron chi connectivity index (χ3n) is 10.6. The van der Waals surface area contributed by atoms with Crippen LogP contribution >= 0.6 is 0 Å². The van der Waals surface area contributed by atoms with Crippen molar-refractivity contribution in [3.63, 3.8) is 0 Å². The van der Waals surface area contributed by atoms with E-state index in [1.807, 2.05) is 24.3 Å². The maximum Gasteiger partial charge on any atom is 0.137 e. The lowest BCUT2D eigenvalue weighted by Gasteiger charge is -2.30. The van der Waals surface area contributed by atoms with Crippen molar-refractivity contribution in [1.29, 1.82) is 0 Å². The van der Waals surface area contributed by atoms with E-state index in [0.29, 0.717) is 0 Å². The number of furan rings is 2. The Bertz CT molecular complexity index is 3180. The van der Waals surface area contributed by atoms with Gasteiger partial charge in [0, 0.05) is 61.4 Å². The first-order chi connectivity index (χ1) is 26.8. The van der Waals surface area contributed by atoms with Gasteiger partial charge in [0.1, 0.15) is 22.3 Å². The monoisotopic (exact) mass is 692 g/mol. The van der Waals surface area contributed by atoms with E-state index in [0.717, 1.165) is 94.2 Å². The van der Waals surface area contributed by atoms with E-state index in [4.69, 9.17) is 8.83 Å². The van der Waals surface area contributed by atoms with Gasteiger partial charge >= 0.3 is 0 Å². The molecule has 4 heteroatoms. The highest BCUT2D eigenvalue weighted by atomic mass is 16.3. The number of rotatable bonds is 6. The molecule has 254 valence electrons. The van der Waals surface area contributed by atoms with Gasteiger partial charge in [-0.05, 0) is 101 Å². The molecular weight excluding hydrogens is 661 g/mol. The Morgan fingerprint density at radius 3 is 1.50 bits per heavy atom. The molecule has 0 N–H and O–H groups in total. The van der Waals surface area contributed by atoms with E-state index < -0.39 is 0 Å². The minimum Gasteiger partial charge on any atom is -0.456 e. The molecular formula is C50H32N2O2. The zero-order valence-electron chi connectivity index (χ0n) is 29.2. The summed E-state index contributed by atoms with van der Waals surface area (Å²) in [5.41, 5.74) is 9.83. The minimum absolute atomic E-state index is 0.859. The first kappa shape index (κ1) is 30.3. The normalized spacial score (nSPS) is 11.7. The molecule has 0 aliphatic heterocycles. The highest BCUT2D eigenvalue weighted by Gasteiger charge is 2.22. The van der Waals surface area contributed by atoms with E-state index >= 15 is 0 Å².